The van der Waals surface area contributed by atoms with Crippen molar-refractivity contribution in [3.63, 3.8) is 0 Å². The van der Waals surface area contributed by atoms with Crippen LogP contribution in [-0.2, 0) is 15.9 Å². The van der Waals surface area contributed by atoms with Crippen LogP contribution in [0.2, 0.25) is 0 Å². The summed E-state index contributed by atoms with van der Waals surface area (Å²) in [5.41, 5.74) is 1.25. The van der Waals surface area contributed by atoms with Gasteiger partial charge in [0.05, 0.1) is 7.11 Å². The van der Waals surface area contributed by atoms with Crippen LogP contribution >= 0.6 is 0 Å². The van der Waals surface area contributed by atoms with Crippen LogP contribution in [0.4, 0.5) is 0 Å². The lowest BCUT2D eigenvalue weighted by molar-refractivity contribution is 0.0205. The molecule has 1 aromatic carbocycles. The minimum absolute atomic E-state index is 0.665. The molecule has 2 N–H and O–H groups in total. The summed E-state index contributed by atoms with van der Waals surface area (Å²) < 4.78 is 16.4. The SMILES string of the molecule is CCNC(=NCCCOCC1CCOCC1)NCCc1cccc(OC)c1. The van der Waals surface area contributed by atoms with E-state index in [2.05, 4.69) is 34.7 Å². The number of guanidine groups is 1. The van der Waals surface area contributed by atoms with E-state index in [1.807, 2.05) is 12.1 Å². The maximum Gasteiger partial charge on any atom is 0.191 e. The van der Waals surface area contributed by atoms with Gasteiger partial charge in [0.15, 0.2) is 5.96 Å². The van der Waals surface area contributed by atoms with Gasteiger partial charge in [-0.2, -0.15) is 0 Å². The van der Waals surface area contributed by atoms with Crippen molar-refractivity contribution in [1.82, 2.24) is 10.6 Å². The van der Waals surface area contributed by atoms with Crippen molar-refractivity contribution in [1.29, 1.82) is 0 Å². The molecule has 1 saturated heterocycles. The molecule has 27 heavy (non-hydrogen) atoms. The van der Waals surface area contributed by atoms with Crippen LogP contribution in [0, 0.1) is 5.92 Å². The highest BCUT2D eigenvalue weighted by molar-refractivity contribution is 5.79. The van der Waals surface area contributed by atoms with Crippen molar-refractivity contribution < 1.29 is 14.2 Å². The van der Waals surface area contributed by atoms with Crippen LogP contribution in [0.5, 0.6) is 5.75 Å². The quantitative estimate of drug-likeness (QED) is 0.353. The predicted molar refractivity (Wildman–Crippen MR) is 110 cm³/mol. The first-order chi connectivity index (χ1) is 13.3. The summed E-state index contributed by atoms with van der Waals surface area (Å²) >= 11 is 0. The standard InChI is InChI=1S/C21H35N3O3/c1-3-22-21(24-12-8-18-6-4-7-20(16-18)25-2)23-11-5-13-27-17-19-9-14-26-15-10-19/h4,6-7,16,19H,3,5,8-15,17H2,1-2H3,(H2,22,23,24). The van der Waals surface area contributed by atoms with Gasteiger partial charge < -0.3 is 24.8 Å². The lowest BCUT2D eigenvalue weighted by Crippen LogP contribution is -2.38. The second-order valence-electron chi connectivity index (χ2n) is 6.77. The molecular weight excluding hydrogens is 342 g/mol. The Morgan fingerprint density at radius 1 is 1.26 bits per heavy atom. The number of nitrogens with zero attached hydrogens (tertiary/aromatic N) is 1. The zero-order valence-corrected chi connectivity index (χ0v) is 16.8. The van der Waals surface area contributed by atoms with Gasteiger partial charge in [-0.25, -0.2) is 0 Å². The number of hydrogen-bond acceptors (Lipinski definition) is 4. The molecule has 2 rings (SSSR count). The largest absolute Gasteiger partial charge is 0.497 e. The summed E-state index contributed by atoms with van der Waals surface area (Å²) in [4.78, 5) is 4.63. The van der Waals surface area contributed by atoms with E-state index in [9.17, 15) is 0 Å². The maximum atomic E-state index is 5.80. The molecule has 152 valence electrons. The molecule has 6 nitrogen and oxygen atoms in total. The van der Waals surface area contributed by atoms with Crippen molar-refractivity contribution >= 4 is 5.96 Å². The van der Waals surface area contributed by atoms with Gasteiger partial charge in [-0.3, -0.25) is 4.99 Å². The number of ether oxygens (including phenoxy) is 3. The van der Waals surface area contributed by atoms with Gasteiger partial charge in [0.25, 0.3) is 0 Å². The Balaban J connectivity index is 1.61. The molecule has 0 aliphatic carbocycles. The highest BCUT2D eigenvalue weighted by Crippen LogP contribution is 2.14. The van der Waals surface area contributed by atoms with E-state index in [0.717, 1.165) is 83.5 Å². The summed E-state index contributed by atoms with van der Waals surface area (Å²) in [5, 5.41) is 6.69. The van der Waals surface area contributed by atoms with Crippen LogP contribution < -0.4 is 15.4 Å². The van der Waals surface area contributed by atoms with Gasteiger partial charge in [-0.15, -0.1) is 0 Å². The molecule has 1 aliphatic heterocycles. The third-order valence-corrected chi connectivity index (χ3v) is 4.60. The molecule has 0 radical (unpaired) electrons. The second kappa shape index (κ2) is 13.4. The fourth-order valence-electron chi connectivity index (χ4n) is 3.02. The molecule has 6 heteroatoms. The normalized spacial score (nSPS) is 15.6. The van der Waals surface area contributed by atoms with Gasteiger partial charge in [0, 0.05) is 46.1 Å². The minimum atomic E-state index is 0.665. The molecule has 1 heterocycles. The zero-order valence-electron chi connectivity index (χ0n) is 16.8. The van der Waals surface area contributed by atoms with E-state index in [-0.39, 0.29) is 0 Å². The first kappa shape index (κ1) is 21.5. The minimum Gasteiger partial charge on any atom is -0.497 e. The van der Waals surface area contributed by atoms with Gasteiger partial charge in [0.1, 0.15) is 5.75 Å². The van der Waals surface area contributed by atoms with E-state index >= 15 is 0 Å². The number of methoxy groups -OCH3 is 1. The van der Waals surface area contributed by atoms with Gasteiger partial charge in [0.2, 0.25) is 0 Å². The third-order valence-electron chi connectivity index (χ3n) is 4.60. The molecule has 1 fully saturated rings. The first-order valence-corrected chi connectivity index (χ1v) is 10.1. The highest BCUT2D eigenvalue weighted by atomic mass is 16.5. The Morgan fingerprint density at radius 2 is 2.11 bits per heavy atom. The van der Waals surface area contributed by atoms with Gasteiger partial charge in [-0.05, 0) is 56.2 Å². The van der Waals surface area contributed by atoms with E-state index < -0.39 is 0 Å². The van der Waals surface area contributed by atoms with Crippen LogP contribution in [0.1, 0.15) is 31.7 Å². The molecule has 0 atom stereocenters. The number of hydrogen-bond donors (Lipinski definition) is 2. The molecule has 0 unspecified atom stereocenters. The number of benzene rings is 1. The summed E-state index contributed by atoms with van der Waals surface area (Å²) in [6, 6.07) is 8.17. The molecule has 0 spiro atoms. The Hall–Kier alpha value is -1.79. The average molecular weight is 378 g/mol. The molecular formula is C21H35N3O3. The van der Waals surface area contributed by atoms with Gasteiger partial charge in [-0.1, -0.05) is 12.1 Å². The van der Waals surface area contributed by atoms with Crippen molar-refractivity contribution in [2.75, 3.05) is 53.2 Å². The van der Waals surface area contributed by atoms with Crippen molar-refractivity contribution in [3.05, 3.63) is 29.8 Å². The maximum absolute atomic E-state index is 5.80. The Bertz CT molecular complexity index is 545. The average Bonchev–Trinajstić information content (AvgIpc) is 2.71. The van der Waals surface area contributed by atoms with Crippen LogP contribution in [0.25, 0.3) is 0 Å². The number of rotatable bonds is 11. The van der Waals surface area contributed by atoms with E-state index in [1.54, 1.807) is 7.11 Å². The fraction of sp³-hybridized carbons (Fsp3) is 0.667. The molecule has 1 aromatic rings. The summed E-state index contributed by atoms with van der Waals surface area (Å²) in [6.07, 6.45) is 4.12. The Morgan fingerprint density at radius 3 is 2.89 bits per heavy atom. The topological polar surface area (TPSA) is 64.1 Å². The Labute approximate surface area is 163 Å². The van der Waals surface area contributed by atoms with E-state index in [0.29, 0.717) is 5.92 Å². The predicted octanol–water partition coefficient (Wildman–Crippen LogP) is 2.63. The molecule has 0 saturated carbocycles. The Kier molecular flexibility index (Phi) is 10.7. The number of nitrogens with one attached hydrogen (secondary N) is 2. The lowest BCUT2D eigenvalue weighted by Gasteiger charge is -2.21. The lowest BCUT2D eigenvalue weighted by atomic mass is 10.0. The van der Waals surface area contributed by atoms with Crippen LogP contribution in [0.15, 0.2) is 29.3 Å². The number of aliphatic imine (C=N–C) groups is 1. The van der Waals surface area contributed by atoms with Crippen molar-refractivity contribution in [3.8, 4) is 5.75 Å². The highest BCUT2D eigenvalue weighted by Gasteiger charge is 2.13. The molecule has 0 bridgehead atoms. The molecule has 1 aliphatic rings. The van der Waals surface area contributed by atoms with Crippen molar-refractivity contribution in [2.45, 2.75) is 32.6 Å². The second-order valence-corrected chi connectivity index (χ2v) is 6.77. The summed E-state index contributed by atoms with van der Waals surface area (Å²) in [6.45, 7) is 7.91. The van der Waals surface area contributed by atoms with E-state index in [1.165, 1.54) is 5.56 Å². The zero-order chi connectivity index (χ0) is 19.2. The smallest absolute Gasteiger partial charge is 0.191 e. The summed E-state index contributed by atoms with van der Waals surface area (Å²) in [5.74, 6) is 2.43. The molecule has 0 aromatic heterocycles. The molecule has 0 amide bonds. The van der Waals surface area contributed by atoms with Crippen LogP contribution in [-0.4, -0.2) is 59.1 Å². The fourth-order valence-corrected chi connectivity index (χ4v) is 3.02. The van der Waals surface area contributed by atoms with Gasteiger partial charge >= 0.3 is 0 Å². The first-order valence-electron chi connectivity index (χ1n) is 10.1. The van der Waals surface area contributed by atoms with E-state index in [4.69, 9.17) is 14.2 Å². The third kappa shape index (κ3) is 9.11. The summed E-state index contributed by atoms with van der Waals surface area (Å²) in [7, 11) is 1.70. The van der Waals surface area contributed by atoms with Crippen LogP contribution in [0.3, 0.4) is 0 Å². The van der Waals surface area contributed by atoms with Crippen molar-refractivity contribution in [2.24, 2.45) is 10.9 Å². The monoisotopic (exact) mass is 377 g/mol.